The molecule has 0 fully saturated rings. The lowest BCUT2D eigenvalue weighted by Gasteiger charge is -2.16. The van der Waals surface area contributed by atoms with Gasteiger partial charge in [0, 0.05) is 0 Å². The van der Waals surface area contributed by atoms with Gasteiger partial charge in [-0.15, -0.1) is 0 Å². The van der Waals surface area contributed by atoms with E-state index in [0.29, 0.717) is 18.3 Å². The van der Waals surface area contributed by atoms with Crippen LogP contribution < -0.4 is 0 Å². The lowest BCUT2D eigenvalue weighted by Crippen LogP contribution is -2.04. The Morgan fingerprint density at radius 3 is 2.78 bits per heavy atom. The Balaban J connectivity index is 2.37. The fourth-order valence-electron chi connectivity index (χ4n) is 2.14. The number of aromatic hydroxyl groups is 2. The second kappa shape index (κ2) is 5.12. The number of phenolic OH excluding ortho intramolecular Hbond substituents is 2. The van der Waals surface area contributed by atoms with Crippen molar-refractivity contribution in [2.45, 2.75) is 26.2 Å². The Bertz CT molecular complexity index is 503. The first-order valence-electron chi connectivity index (χ1n) is 5.92. The van der Waals surface area contributed by atoms with Gasteiger partial charge in [-0.3, -0.25) is 4.79 Å². The predicted octanol–water partition coefficient (Wildman–Crippen LogP) is 2.46. The number of aryl methyl sites for hydroxylation is 1. The summed E-state index contributed by atoms with van der Waals surface area (Å²) in [6.07, 6.45) is 4.75. The van der Waals surface area contributed by atoms with Gasteiger partial charge in [-0.05, 0) is 42.9 Å². The van der Waals surface area contributed by atoms with Gasteiger partial charge in [0.05, 0.1) is 18.4 Å². The Labute approximate surface area is 106 Å². The van der Waals surface area contributed by atoms with Gasteiger partial charge in [-0.25, -0.2) is 0 Å². The van der Waals surface area contributed by atoms with Crippen molar-refractivity contribution in [1.82, 2.24) is 0 Å². The normalized spacial score (nSPS) is 14.8. The third-order valence-electron chi connectivity index (χ3n) is 3.14. The molecular formula is C14H16O4. The molecule has 0 bridgehead atoms. The first-order chi connectivity index (χ1) is 8.63. The van der Waals surface area contributed by atoms with E-state index in [4.69, 9.17) is 4.74 Å². The third kappa shape index (κ3) is 2.32. The number of carbonyl (C=O) groups is 1. The van der Waals surface area contributed by atoms with Crippen LogP contribution in [0.4, 0.5) is 0 Å². The van der Waals surface area contributed by atoms with Crippen LogP contribution in [0.2, 0.25) is 0 Å². The zero-order valence-corrected chi connectivity index (χ0v) is 10.3. The van der Waals surface area contributed by atoms with Gasteiger partial charge >= 0.3 is 0 Å². The molecule has 2 N–H and O–H groups in total. The van der Waals surface area contributed by atoms with Gasteiger partial charge in [-0.2, -0.15) is 0 Å². The minimum atomic E-state index is -0.336. The van der Waals surface area contributed by atoms with Gasteiger partial charge in [0.25, 0.3) is 0 Å². The molecule has 18 heavy (non-hydrogen) atoms. The van der Waals surface area contributed by atoms with Gasteiger partial charge in [0.1, 0.15) is 0 Å². The van der Waals surface area contributed by atoms with E-state index in [9.17, 15) is 15.0 Å². The molecule has 96 valence electrons. The van der Waals surface area contributed by atoms with Gasteiger partial charge in [0.2, 0.25) is 0 Å². The molecule has 1 aliphatic heterocycles. The summed E-state index contributed by atoms with van der Waals surface area (Å²) in [5, 5.41) is 19.4. The Morgan fingerprint density at radius 2 is 2.17 bits per heavy atom. The quantitative estimate of drug-likeness (QED) is 0.637. The number of hydrogen-bond donors (Lipinski definition) is 2. The lowest BCUT2D eigenvalue weighted by atomic mass is 9.95. The zero-order valence-electron chi connectivity index (χ0n) is 10.3. The minimum absolute atomic E-state index is 0.157. The highest BCUT2D eigenvalue weighted by Gasteiger charge is 2.16. The number of phenols is 2. The Morgan fingerprint density at radius 1 is 1.39 bits per heavy atom. The summed E-state index contributed by atoms with van der Waals surface area (Å²) < 4.78 is 5.25. The van der Waals surface area contributed by atoms with Crippen molar-refractivity contribution in [3.05, 3.63) is 34.6 Å². The maximum absolute atomic E-state index is 11.0. The molecule has 4 nitrogen and oxygen atoms in total. The molecule has 1 aromatic carbocycles. The van der Waals surface area contributed by atoms with Crippen molar-refractivity contribution >= 4 is 6.29 Å². The second-order valence-corrected chi connectivity index (χ2v) is 4.51. The summed E-state index contributed by atoms with van der Waals surface area (Å²) in [5.74, 6) is -0.563. The molecule has 0 saturated carbocycles. The van der Waals surface area contributed by atoms with Crippen LogP contribution in [0.25, 0.3) is 0 Å². The molecule has 1 aliphatic rings. The van der Waals surface area contributed by atoms with E-state index in [-0.39, 0.29) is 17.1 Å². The highest BCUT2D eigenvalue weighted by Crippen LogP contribution is 2.35. The van der Waals surface area contributed by atoms with Crippen LogP contribution in [0.5, 0.6) is 11.5 Å². The number of rotatable bonds is 3. The topological polar surface area (TPSA) is 66.8 Å². The first-order valence-corrected chi connectivity index (χ1v) is 5.92. The summed E-state index contributed by atoms with van der Waals surface area (Å²) in [6, 6.07) is 1.73. The molecule has 0 atom stereocenters. The molecule has 4 heteroatoms. The molecule has 1 aromatic rings. The summed E-state index contributed by atoms with van der Waals surface area (Å²) in [4.78, 5) is 11.0. The number of aldehydes is 1. The smallest absolute Gasteiger partial charge is 0.168 e. The van der Waals surface area contributed by atoms with Crippen molar-refractivity contribution in [2.75, 3.05) is 6.61 Å². The molecular weight excluding hydrogens is 232 g/mol. The van der Waals surface area contributed by atoms with E-state index in [0.717, 1.165) is 30.6 Å². The Hall–Kier alpha value is -1.97. The number of allylic oxidation sites excluding steroid dienone is 1. The van der Waals surface area contributed by atoms with Crippen LogP contribution in [0.1, 0.15) is 34.3 Å². The number of hydrogen-bond acceptors (Lipinski definition) is 4. The molecule has 0 saturated heterocycles. The van der Waals surface area contributed by atoms with E-state index in [1.54, 1.807) is 19.3 Å². The van der Waals surface area contributed by atoms with Gasteiger partial charge in [0.15, 0.2) is 17.8 Å². The standard InChI is InChI=1S/C14H16O4/c1-9-5-11(6-10-3-2-4-18-8-10)12(7-15)14(17)13(9)16/h5,7-8,16-17H,2-4,6H2,1H3. The van der Waals surface area contributed by atoms with Crippen molar-refractivity contribution in [3.8, 4) is 11.5 Å². The van der Waals surface area contributed by atoms with E-state index in [1.807, 2.05) is 0 Å². The molecule has 0 amide bonds. The molecule has 0 aliphatic carbocycles. The molecule has 2 rings (SSSR count). The number of ether oxygens (including phenoxy) is 1. The van der Waals surface area contributed by atoms with Gasteiger partial charge in [-0.1, -0.05) is 6.07 Å². The summed E-state index contributed by atoms with van der Waals surface area (Å²) in [7, 11) is 0. The van der Waals surface area contributed by atoms with Crippen LogP contribution in [0.3, 0.4) is 0 Å². The van der Waals surface area contributed by atoms with E-state index in [2.05, 4.69) is 0 Å². The van der Waals surface area contributed by atoms with Crippen molar-refractivity contribution in [1.29, 1.82) is 0 Å². The monoisotopic (exact) mass is 248 g/mol. The van der Waals surface area contributed by atoms with E-state index < -0.39 is 0 Å². The SMILES string of the molecule is Cc1cc(CC2=COCCC2)c(C=O)c(O)c1O. The summed E-state index contributed by atoms with van der Waals surface area (Å²) in [6.45, 7) is 2.42. The molecule has 0 spiro atoms. The first kappa shape index (κ1) is 12.5. The van der Waals surface area contributed by atoms with Crippen molar-refractivity contribution in [3.63, 3.8) is 0 Å². The minimum Gasteiger partial charge on any atom is -0.504 e. The van der Waals surface area contributed by atoms with Crippen LogP contribution >= 0.6 is 0 Å². The molecule has 0 radical (unpaired) electrons. The summed E-state index contributed by atoms with van der Waals surface area (Å²) >= 11 is 0. The molecule has 1 heterocycles. The summed E-state index contributed by atoms with van der Waals surface area (Å²) in [5.41, 5.74) is 2.53. The Kier molecular flexibility index (Phi) is 3.55. The van der Waals surface area contributed by atoms with Crippen LogP contribution in [-0.4, -0.2) is 23.1 Å². The van der Waals surface area contributed by atoms with Gasteiger partial charge < -0.3 is 14.9 Å². The van der Waals surface area contributed by atoms with Crippen LogP contribution in [0, 0.1) is 6.92 Å². The van der Waals surface area contributed by atoms with Crippen molar-refractivity contribution < 1.29 is 19.7 Å². The molecule has 0 aromatic heterocycles. The third-order valence-corrected chi connectivity index (χ3v) is 3.14. The lowest BCUT2D eigenvalue weighted by molar-refractivity contribution is 0.111. The van der Waals surface area contributed by atoms with Crippen LogP contribution in [0.15, 0.2) is 17.9 Å². The fraction of sp³-hybridized carbons (Fsp3) is 0.357. The average molecular weight is 248 g/mol. The second-order valence-electron chi connectivity index (χ2n) is 4.51. The fourth-order valence-corrected chi connectivity index (χ4v) is 2.14. The largest absolute Gasteiger partial charge is 0.504 e. The number of carbonyl (C=O) groups excluding carboxylic acids is 1. The van der Waals surface area contributed by atoms with E-state index in [1.165, 1.54) is 0 Å². The van der Waals surface area contributed by atoms with Crippen molar-refractivity contribution in [2.24, 2.45) is 0 Å². The maximum Gasteiger partial charge on any atom is 0.168 e. The molecule has 0 unspecified atom stereocenters. The van der Waals surface area contributed by atoms with E-state index >= 15 is 0 Å². The number of benzene rings is 1. The predicted molar refractivity (Wildman–Crippen MR) is 66.9 cm³/mol. The zero-order chi connectivity index (χ0) is 13.1. The highest BCUT2D eigenvalue weighted by molar-refractivity contribution is 5.84. The maximum atomic E-state index is 11.0. The average Bonchev–Trinajstić information content (AvgIpc) is 2.38. The highest BCUT2D eigenvalue weighted by atomic mass is 16.5. The van der Waals surface area contributed by atoms with Crippen LogP contribution in [-0.2, 0) is 11.2 Å².